The third-order valence-corrected chi connectivity index (χ3v) is 2.88. The van der Waals surface area contributed by atoms with Crippen LogP contribution in [0.25, 0.3) is 0 Å². The summed E-state index contributed by atoms with van der Waals surface area (Å²) in [5, 5.41) is 0. The van der Waals surface area contributed by atoms with Crippen molar-refractivity contribution < 1.29 is 0 Å². The second-order valence-corrected chi connectivity index (χ2v) is 4.32. The average molecular weight is 211 g/mol. The zero-order valence-electron chi connectivity index (χ0n) is 9.69. The summed E-state index contributed by atoms with van der Waals surface area (Å²) < 4.78 is 0. The van der Waals surface area contributed by atoms with E-state index < -0.39 is 0 Å². The Hall–Kier alpha value is -1.63. The van der Waals surface area contributed by atoms with E-state index in [9.17, 15) is 0 Å². The molecule has 1 aliphatic carbocycles. The van der Waals surface area contributed by atoms with Crippen LogP contribution in [0.1, 0.15) is 19.0 Å². The van der Waals surface area contributed by atoms with E-state index in [1.807, 2.05) is 18.3 Å². The molecule has 2 rings (SSSR count). The molecule has 0 saturated carbocycles. The number of nitrogens with zero attached hydrogens (tertiary/aromatic N) is 1. The van der Waals surface area contributed by atoms with Crippen LogP contribution in [0.15, 0.2) is 60.3 Å². The molecular formula is C15H17N. The van der Waals surface area contributed by atoms with Gasteiger partial charge in [-0.05, 0) is 43.4 Å². The fourth-order valence-corrected chi connectivity index (χ4v) is 1.92. The van der Waals surface area contributed by atoms with Gasteiger partial charge in [0.25, 0.3) is 0 Å². The van der Waals surface area contributed by atoms with Crippen molar-refractivity contribution in [1.29, 1.82) is 0 Å². The molecule has 0 amide bonds. The van der Waals surface area contributed by atoms with E-state index in [4.69, 9.17) is 0 Å². The van der Waals surface area contributed by atoms with Crippen molar-refractivity contribution in [3.05, 3.63) is 66.0 Å². The topological polar surface area (TPSA) is 12.9 Å². The van der Waals surface area contributed by atoms with E-state index in [2.05, 4.69) is 42.8 Å². The summed E-state index contributed by atoms with van der Waals surface area (Å²) in [6.45, 7) is 6.01. The molecule has 0 radical (unpaired) electrons. The molecule has 1 nitrogen and oxygen atoms in total. The van der Waals surface area contributed by atoms with E-state index in [-0.39, 0.29) is 0 Å². The highest BCUT2D eigenvalue weighted by Crippen LogP contribution is 2.22. The predicted octanol–water partition coefficient (Wildman–Crippen LogP) is 3.70. The predicted molar refractivity (Wildman–Crippen MR) is 68.1 cm³/mol. The highest BCUT2D eigenvalue weighted by atomic mass is 14.7. The summed E-state index contributed by atoms with van der Waals surface area (Å²) in [4.78, 5) is 4.35. The molecule has 1 unspecified atom stereocenters. The van der Waals surface area contributed by atoms with E-state index in [0.29, 0.717) is 5.92 Å². The number of rotatable bonds is 3. The first-order valence-corrected chi connectivity index (χ1v) is 5.70. The van der Waals surface area contributed by atoms with Crippen molar-refractivity contribution in [1.82, 2.24) is 4.98 Å². The molecule has 1 heteroatoms. The molecule has 1 aliphatic rings. The van der Waals surface area contributed by atoms with Crippen LogP contribution in [0.4, 0.5) is 0 Å². The molecule has 82 valence electrons. The Morgan fingerprint density at radius 3 is 2.94 bits per heavy atom. The first kappa shape index (κ1) is 10.9. The Bertz CT molecular complexity index is 426. The van der Waals surface area contributed by atoms with Gasteiger partial charge in [0.05, 0.1) is 0 Å². The number of hydrogen-bond acceptors (Lipinski definition) is 1. The van der Waals surface area contributed by atoms with Crippen LogP contribution in [0.3, 0.4) is 0 Å². The zero-order chi connectivity index (χ0) is 11.4. The van der Waals surface area contributed by atoms with Crippen molar-refractivity contribution >= 4 is 0 Å². The Balaban J connectivity index is 1.97. The Morgan fingerprint density at radius 2 is 2.38 bits per heavy atom. The van der Waals surface area contributed by atoms with Crippen molar-refractivity contribution in [2.24, 2.45) is 5.92 Å². The Kier molecular flexibility index (Phi) is 3.35. The molecule has 16 heavy (non-hydrogen) atoms. The summed E-state index contributed by atoms with van der Waals surface area (Å²) >= 11 is 0. The van der Waals surface area contributed by atoms with Gasteiger partial charge in [-0.2, -0.15) is 0 Å². The second-order valence-electron chi connectivity index (χ2n) is 4.32. The zero-order valence-corrected chi connectivity index (χ0v) is 9.69. The van der Waals surface area contributed by atoms with E-state index in [1.54, 1.807) is 0 Å². The number of aromatic nitrogens is 1. The number of hydrogen-bond donors (Lipinski definition) is 0. The summed E-state index contributed by atoms with van der Waals surface area (Å²) in [5.74, 6) is 0.581. The molecule has 1 heterocycles. The van der Waals surface area contributed by atoms with Gasteiger partial charge >= 0.3 is 0 Å². The standard InChI is InChI=1S/C15H17N/c1-12(2)14-8-6-13(7-9-14)11-15-5-3-4-10-16-15/h3-6,8-10,13H,1,7,11H2,2H3. The molecule has 0 aromatic carbocycles. The minimum absolute atomic E-state index is 0.581. The maximum absolute atomic E-state index is 4.35. The minimum atomic E-state index is 0.581. The summed E-state index contributed by atoms with van der Waals surface area (Å²) in [5.41, 5.74) is 3.59. The molecule has 1 aromatic rings. The fraction of sp³-hybridized carbons (Fsp3) is 0.267. The van der Waals surface area contributed by atoms with Crippen molar-refractivity contribution in [3.8, 4) is 0 Å². The molecule has 0 spiro atoms. The monoisotopic (exact) mass is 211 g/mol. The lowest BCUT2D eigenvalue weighted by atomic mass is 9.91. The van der Waals surface area contributed by atoms with Crippen LogP contribution in [-0.2, 0) is 6.42 Å². The largest absolute Gasteiger partial charge is 0.261 e. The number of pyridine rings is 1. The second kappa shape index (κ2) is 4.93. The highest BCUT2D eigenvalue weighted by molar-refractivity contribution is 5.39. The summed E-state index contributed by atoms with van der Waals surface area (Å²) in [7, 11) is 0. The lowest BCUT2D eigenvalue weighted by molar-refractivity contribution is 0.639. The first-order valence-electron chi connectivity index (χ1n) is 5.70. The van der Waals surface area contributed by atoms with Gasteiger partial charge in [-0.1, -0.05) is 36.4 Å². The average Bonchev–Trinajstić information content (AvgIpc) is 2.31. The maximum atomic E-state index is 4.35. The van der Waals surface area contributed by atoms with Gasteiger partial charge in [-0.3, -0.25) is 4.98 Å². The van der Waals surface area contributed by atoms with Crippen LogP contribution in [-0.4, -0.2) is 4.98 Å². The van der Waals surface area contributed by atoms with Gasteiger partial charge in [0, 0.05) is 11.9 Å². The summed E-state index contributed by atoms with van der Waals surface area (Å²) in [6.07, 6.45) is 10.7. The number of allylic oxidation sites excluding steroid dienone is 5. The molecule has 1 aromatic heterocycles. The first-order chi connectivity index (χ1) is 7.75. The van der Waals surface area contributed by atoms with Crippen LogP contribution in [0.2, 0.25) is 0 Å². The molecular weight excluding hydrogens is 194 g/mol. The fourth-order valence-electron chi connectivity index (χ4n) is 1.92. The van der Waals surface area contributed by atoms with Gasteiger partial charge in [0.2, 0.25) is 0 Å². The normalized spacial score (nSPS) is 19.3. The molecule has 0 aliphatic heterocycles. The van der Waals surface area contributed by atoms with Gasteiger partial charge < -0.3 is 0 Å². The smallest absolute Gasteiger partial charge is 0.0409 e. The van der Waals surface area contributed by atoms with Crippen molar-refractivity contribution in [2.75, 3.05) is 0 Å². The van der Waals surface area contributed by atoms with E-state index >= 15 is 0 Å². The summed E-state index contributed by atoms with van der Waals surface area (Å²) in [6, 6.07) is 6.09. The lowest BCUT2D eigenvalue weighted by Crippen LogP contribution is -2.05. The highest BCUT2D eigenvalue weighted by Gasteiger charge is 2.10. The van der Waals surface area contributed by atoms with Crippen LogP contribution >= 0.6 is 0 Å². The van der Waals surface area contributed by atoms with Crippen LogP contribution in [0.5, 0.6) is 0 Å². The SMILES string of the molecule is C=C(C)C1=CCC(Cc2ccccn2)C=C1. The third-order valence-electron chi connectivity index (χ3n) is 2.88. The van der Waals surface area contributed by atoms with Crippen LogP contribution < -0.4 is 0 Å². The van der Waals surface area contributed by atoms with Crippen molar-refractivity contribution in [3.63, 3.8) is 0 Å². The van der Waals surface area contributed by atoms with E-state index in [0.717, 1.165) is 18.4 Å². The molecule has 0 N–H and O–H groups in total. The van der Waals surface area contributed by atoms with Gasteiger partial charge in [-0.15, -0.1) is 0 Å². The van der Waals surface area contributed by atoms with Gasteiger partial charge in [0.1, 0.15) is 0 Å². The Labute approximate surface area is 97.2 Å². The molecule has 0 bridgehead atoms. The maximum Gasteiger partial charge on any atom is 0.0409 e. The molecule has 0 saturated heterocycles. The van der Waals surface area contributed by atoms with E-state index in [1.165, 1.54) is 11.3 Å². The molecule has 1 atom stereocenters. The van der Waals surface area contributed by atoms with Crippen LogP contribution in [0, 0.1) is 5.92 Å². The van der Waals surface area contributed by atoms with Gasteiger partial charge in [0.15, 0.2) is 0 Å². The Morgan fingerprint density at radius 1 is 1.50 bits per heavy atom. The molecule has 0 fully saturated rings. The quantitative estimate of drug-likeness (QED) is 0.742. The third kappa shape index (κ3) is 2.69. The minimum Gasteiger partial charge on any atom is -0.261 e. The van der Waals surface area contributed by atoms with Crippen molar-refractivity contribution in [2.45, 2.75) is 19.8 Å². The van der Waals surface area contributed by atoms with Gasteiger partial charge in [-0.25, -0.2) is 0 Å². The lowest BCUT2D eigenvalue weighted by Gasteiger charge is -2.15.